The molecule has 0 radical (unpaired) electrons. The molecule has 3 aromatic rings. The molecule has 0 spiro atoms. The molecule has 0 unspecified atom stereocenters. The maximum atomic E-state index is 12.7. The number of aryl methyl sites for hydroxylation is 1. The van der Waals surface area contributed by atoms with E-state index in [-0.39, 0.29) is 18.0 Å². The maximum Gasteiger partial charge on any atom is 0.276 e. The molecule has 1 aromatic carbocycles. The molecular formula is C22H17ClN4O3S2. The van der Waals surface area contributed by atoms with Crippen molar-refractivity contribution < 1.29 is 13.2 Å². The molecule has 32 heavy (non-hydrogen) atoms. The summed E-state index contributed by atoms with van der Waals surface area (Å²) in [6.45, 7) is 0.207. The van der Waals surface area contributed by atoms with Crippen molar-refractivity contribution in [2.75, 3.05) is 17.2 Å². The molecule has 0 bridgehead atoms. The molecule has 0 saturated carbocycles. The van der Waals surface area contributed by atoms with E-state index in [1.54, 1.807) is 42.6 Å². The number of nitrogens with one attached hydrogen (secondary N) is 1. The summed E-state index contributed by atoms with van der Waals surface area (Å²) < 4.78 is 27.8. The average molecular weight is 485 g/mol. The molecule has 0 fully saturated rings. The zero-order chi connectivity index (χ0) is 22.7. The summed E-state index contributed by atoms with van der Waals surface area (Å²) in [6, 6.07) is 16.3. The number of halogens is 1. The van der Waals surface area contributed by atoms with Gasteiger partial charge in [-0.15, -0.1) is 11.3 Å². The summed E-state index contributed by atoms with van der Waals surface area (Å²) in [7, 11) is -3.70. The van der Waals surface area contributed by atoms with Gasteiger partial charge in [-0.25, -0.2) is 13.4 Å². The Morgan fingerprint density at radius 2 is 2.00 bits per heavy atom. The van der Waals surface area contributed by atoms with Gasteiger partial charge >= 0.3 is 0 Å². The number of anilines is 1. The van der Waals surface area contributed by atoms with E-state index in [1.165, 1.54) is 22.3 Å². The number of rotatable bonds is 7. The van der Waals surface area contributed by atoms with E-state index >= 15 is 0 Å². The van der Waals surface area contributed by atoms with Crippen LogP contribution >= 0.6 is 22.9 Å². The second kappa shape index (κ2) is 9.12. The molecule has 4 rings (SSSR count). The highest BCUT2D eigenvalue weighted by Crippen LogP contribution is 2.26. The lowest BCUT2D eigenvalue weighted by molar-refractivity contribution is -0.114. The van der Waals surface area contributed by atoms with Crippen LogP contribution < -0.4 is 9.62 Å². The topological polar surface area (TPSA) is 103 Å². The summed E-state index contributed by atoms with van der Waals surface area (Å²) in [5, 5.41) is 9.28. The first-order chi connectivity index (χ1) is 15.4. The quantitative estimate of drug-likeness (QED) is 0.550. The zero-order valence-electron chi connectivity index (χ0n) is 16.7. The second-order valence-electron chi connectivity index (χ2n) is 6.97. The molecule has 3 heterocycles. The van der Waals surface area contributed by atoms with Gasteiger partial charge in [-0.05, 0) is 42.8 Å². The lowest BCUT2D eigenvalue weighted by Crippen LogP contribution is -2.34. The number of hydrogen-bond donors (Lipinski definition) is 1. The van der Waals surface area contributed by atoms with Crippen LogP contribution in [-0.2, 0) is 21.2 Å². The highest BCUT2D eigenvalue weighted by Gasteiger charge is 2.29. The van der Waals surface area contributed by atoms with Crippen molar-refractivity contribution in [2.24, 2.45) is 0 Å². The largest absolute Gasteiger partial charge is 0.287 e. The third kappa shape index (κ3) is 4.83. The Hall–Kier alpha value is -3.19. The van der Waals surface area contributed by atoms with Crippen molar-refractivity contribution in [3.63, 3.8) is 0 Å². The average Bonchev–Trinajstić information content (AvgIpc) is 3.37. The van der Waals surface area contributed by atoms with Gasteiger partial charge in [0.15, 0.2) is 0 Å². The second-order valence-corrected chi connectivity index (χ2v) is 10.6. The minimum absolute atomic E-state index is 0.00918. The molecule has 0 aliphatic carbocycles. The van der Waals surface area contributed by atoms with Crippen LogP contribution in [0, 0.1) is 11.3 Å². The molecule has 1 aliphatic heterocycles. The van der Waals surface area contributed by atoms with Gasteiger partial charge in [-0.1, -0.05) is 29.8 Å². The molecule has 2 aromatic heterocycles. The number of aromatic nitrogens is 1. The van der Waals surface area contributed by atoms with Crippen LogP contribution in [-0.4, -0.2) is 31.6 Å². The molecule has 10 heteroatoms. The fourth-order valence-electron chi connectivity index (χ4n) is 3.26. The van der Waals surface area contributed by atoms with E-state index in [2.05, 4.69) is 15.8 Å². The minimum atomic E-state index is -3.70. The standard InChI is InChI=1S/C22H17ClN4O3S2/c23-20-7-6-17(31-20)10-12-32(29,30)26-19-9-11-27(22(19)28)21-8-5-16(14-25-21)18-4-2-1-3-15(18)13-24/h1-9,14,26H,10-12H2. The number of amides is 1. The molecular weight excluding hydrogens is 468 g/mol. The maximum absolute atomic E-state index is 12.7. The van der Waals surface area contributed by atoms with Gasteiger partial charge < -0.3 is 0 Å². The molecule has 1 N–H and O–H groups in total. The number of hydrogen-bond acceptors (Lipinski definition) is 6. The van der Waals surface area contributed by atoms with Crippen molar-refractivity contribution in [1.29, 1.82) is 5.26 Å². The van der Waals surface area contributed by atoms with Gasteiger partial charge in [0.1, 0.15) is 11.5 Å². The van der Waals surface area contributed by atoms with Crippen molar-refractivity contribution >= 4 is 44.7 Å². The lowest BCUT2D eigenvalue weighted by atomic mass is 10.0. The monoisotopic (exact) mass is 484 g/mol. The first-order valence-electron chi connectivity index (χ1n) is 9.58. The third-order valence-electron chi connectivity index (χ3n) is 4.85. The van der Waals surface area contributed by atoms with Crippen molar-refractivity contribution in [3.05, 3.63) is 81.3 Å². The fourth-order valence-corrected chi connectivity index (χ4v) is 5.57. The van der Waals surface area contributed by atoms with Crippen molar-refractivity contribution in [2.45, 2.75) is 6.42 Å². The molecule has 1 amide bonds. The van der Waals surface area contributed by atoms with Gasteiger partial charge in [0.05, 0.1) is 21.7 Å². The first-order valence-corrected chi connectivity index (χ1v) is 12.4. The van der Waals surface area contributed by atoms with Gasteiger partial charge in [0.2, 0.25) is 10.0 Å². The first kappa shape index (κ1) is 22.0. The summed E-state index contributed by atoms with van der Waals surface area (Å²) >= 11 is 7.20. The summed E-state index contributed by atoms with van der Waals surface area (Å²) in [6.07, 6.45) is 3.43. The minimum Gasteiger partial charge on any atom is -0.287 e. The molecule has 0 saturated heterocycles. The number of benzene rings is 1. The zero-order valence-corrected chi connectivity index (χ0v) is 19.0. The Kier molecular flexibility index (Phi) is 6.28. The number of nitrogens with zero attached hydrogens (tertiary/aromatic N) is 3. The number of carbonyl (C=O) groups is 1. The number of nitriles is 1. The predicted molar refractivity (Wildman–Crippen MR) is 125 cm³/mol. The molecule has 162 valence electrons. The SMILES string of the molecule is N#Cc1ccccc1-c1ccc(N2CC=C(NS(=O)(=O)CCc3ccc(Cl)s3)C2=O)nc1. The Labute approximate surface area is 194 Å². The molecule has 1 aliphatic rings. The number of thiophene rings is 1. The number of carbonyl (C=O) groups excluding carboxylic acids is 1. The van der Waals surface area contributed by atoms with E-state index in [0.29, 0.717) is 22.1 Å². The van der Waals surface area contributed by atoms with Crippen molar-refractivity contribution in [1.82, 2.24) is 9.71 Å². The fraction of sp³-hybridized carbons (Fsp3) is 0.136. The van der Waals surface area contributed by atoms with Crippen LogP contribution in [0.1, 0.15) is 10.4 Å². The number of pyridine rings is 1. The Morgan fingerprint density at radius 3 is 2.69 bits per heavy atom. The summed E-state index contributed by atoms with van der Waals surface area (Å²) in [5.74, 6) is -0.225. The van der Waals surface area contributed by atoms with E-state index in [1.807, 2.05) is 12.1 Å². The van der Waals surface area contributed by atoms with Crippen LogP contribution in [0.4, 0.5) is 5.82 Å². The van der Waals surface area contributed by atoms with E-state index < -0.39 is 15.9 Å². The highest BCUT2D eigenvalue weighted by atomic mass is 35.5. The van der Waals surface area contributed by atoms with E-state index in [9.17, 15) is 18.5 Å². The van der Waals surface area contributed by atoms with Crippen LogP contribution in [0.5, 0.6) is 0 Å². The molecule has 7 nitrogen and oxygen atoms in total. The lowest BCUT2D eigenvalue weighted by Gasteiger charge is -2.16. The van der Waals surface area contributed by atoms with Crippen molar-refractivity contribution in [3.8, 4) is 17.2 Å². The van der Waals surface area contributed by atoms with Crippen LogP contribution in [0.2, 0.25) is 4.34 Å². The third-order valence-corrected chi connectivity index (χ3v) is 7.41. The van der Waals surface area contributed by atoms with Gasteiger partial charge in [0.25, 0.3) is 5.91 Å². The van der Waals surface area contributed by atoms with Crippen LogP contribution in [0.15, 0.2) is 66.5 Å². The van der Waals surface area contributed by atoms with Gasteiger partial charge in [0, 0.05) is 28.7 Å². The Balaban J connectivity index is 1.42. The molecule has 0 atom stereocenters. The smallest absolute Gasteiger partial charge is 0.276 e. The van der Waals surface area contributed by atoms with Crippen LogP contribution in [0.25, 0.3) is 11.1 Å². The van der Waals surface area contributed by atoms with Gasteiger partial charge in [-0.2, -0.15) is 5.26 Å². The van der Waals surface area contributed by atoms with Crippen LogP contribution in [0.3, 0.4) is 0 Å². The van der Waals surface area contributed by atoms with Gasteiger partial charge in [-0.3, -0.25) is 14.4 Å². The number of sulfonamides is 1. The summed E-state index contributed by atoms with van der Waals surface area (Å²) in [5.41, 5.74) is 2.04. The van der Waals surface area contributed by atoms with E-state index in [0.717, 1.165) is 16.0 Å². The normalized spacial score (nSPS) is 13.7. The van der Waals surface area contributed by atoms with E-state index in [4.69, 9.17) is 11.6 Å². The predicted octanol–water partition coefficient (Wildman–Crippen LogP) is 3.73. The Morgan fingerprint density at radius 1 is 1.19 bits per heavy atom. The Bertz CT molecular complexity index is 1340. The summed E-state index contributed by atoms with van der Waals surface area (Å²) in [4.78, 5) is 19.3. The highest BCUT2D eigenvalue weighted by molar-refractivity contribution is 7.89.